The molecule has 3 saturated heterocycles. The Balaban J connectivity index is 1.22. The molecule has 3 fully saturated rings. The summed E-state index contributed by atoms with van der Waals surface area (Å²) in [7, 11) is 0. The average molecular weight is 535 g/mol. The Hall–Kier alpha value is -2.53. The zero-order chi connectivity index (χ0) is 27.2. The summed E-state index contributed by atoms with van der Waals surface area (Å²) in [6, 6.07) is 2.24. The summed E-state index contributed by atoms with van der Waals surface area (Å²) >= 11 is 0. The molecule has 4 aliphatic heterocycles. The molecule has 1 spiro atoms. The highest BCUT2D eigenvalue weighted by molar-refractivity contribution is 5.68. The van der Waals surface area contributed by atoms with Crippen molar-refractivity contribution in [2.24, 2.45) is 0 Å². The fraction of sp³-hybridized carbons (Fsp3) is 0.741. The maximum atomic E-state index is 13.8. The summed E-state index contributed by atoms with van der Waals surface area (Å²) in [6.45, 7) is 15.3. The van der Waals surface area contributed by atoms with Crippen LogP contribution in [0.15, 0.2) is 17.7 Å². The van der Waals surface area contributed by atoms with Crippen molar-refractivity contribution in [1.82, 2.24) is 19.8 Å². The smallest absolute Gasteiger partial charge is 0.410 e. The van der Waals surface area contributed by atoms with Crippen LogP contribution in [0.2, 0.25) is 0 Å². The Kier molecular flexibility index (Phi) is 7.28. The lowest BCUT2D eigenvalue weighted by Gasteiger charge is -2.53. The van der Waals surface area contributed by atoms with E-state index in [0.29, 0.717) is 51.0 Å². The highest BCUT2D eigenvalue weighted by Gasteiger charge is 2.43. The molecule has 4 aliphatic rings. The van der Waals surface area contributed by atoms with E-state index in [4.69, 9.17) is 9.47 Å². The highest BCUT2D eigenvalue weighted by atomic mass is 19.3. The molecule has 1 aromatic heterocycles. The van der Waals surface area contributed by atoms with Gasteiger partial charge >= 0.3 is 6.09 Å². The molecule has 1 aromatic rings. The number of halogens is 2. The van der Waals surface area contributed by atoms with Crippen LogP contribution < -0.4 is 9.80 Å². The minimum absolute atomic E-state index is 0.112. The Morgan fingerprint density at radius 3 is 2.32 bits per heavy atom. The van der Waals surface area contributed by atoms with E-state index in [1.165, 1.54) is 5.57 Å². The van der Waals surface area contributed by atoms with Gasteiger partial charge in [0.2, 0.25) is 0 Å². The van der Waals surface area contributed by atoms with E-state index in [9.17, 15) is 13.6 Å². The van der Waals surface area contributed by atoms with Gasteiger partial charge in [-0.3, -0.25) is 4.90 Å². The first-order valence-electron chi connectivity index (χ1n) is 13.7. The molecule has 210 valence electrons. The van der Waals surface area contributed by atoms with Crippen LogP contribution in [0.25, 0.3) is 0 Å². The van der Waals surface area contributed by atoms with Gasteiger partial charge in [0.05, 0.1) is 12.2 Å². The standard InChI is InChI=1S/C27H40F2N6O3/c1-18-6-15-37-27(18)7-9-33(10-8-27)21-16-22(31-24(30-21)23(28)29)35-17-20(19(35)2)32-11-13-34(14-12-32)25(36)38-26(3,4)5/h6,16,19-20,23H,7-15,17H2,1-5H3/t19-,20-/m1/s1. The van der Waals surface area contributed by atoms with Crippen molar-refractivity contribution in [1.29, 1.82) is 0 Å². The summed E-state index contributed by atoms with van der Waals surface area (Å²) in [5.41, 5.74) is 0.534. The number of ether oxygens (including phenoxy) is 2. The lowest BCUT2D eigenvalue weighted by molar-refractivity contribution is -0.000402. The van der Waals surface area contributed by atoms with Crippen molar-refractivity contribution in [3.05, 3.63) is 23.5 Å². The lowest BCUT2D eigenvalue weighted by Crippen LogP contribution is -2.68. The van der Waals surface area contributed by atoms with E-state index in [0.717, 1.165) is 25.9 Å². The van der Waals surface area contributed by atoms with Gasteiger partial charge in [0.15, 0.2) is 5.82 Å². The van der Waals surface area contributed by atoms with Gasteiger partial charge in [-0.15, -0.1) is 0 Å². The quantitative estimate of drug-likeness (QED) is 0.540. The van der Waals surface area contributed by atoms with E-state index in [2.05, 4.69) is 44.6 Å². The Morgan fingerprint density at radius 2 is 1.76 bits per heavy atom. The van der Waals surface area contributed by atoms with E-state index >= 15 is 0 Å². The number of anilines is 2. The predicted octanol–water partition coefficient (Wildman–Crippen LogP) is 3.86. The SMILES string of the molecule is CC1=CCOC12CCN(c1cc(N3C[C@@H](N4CCN(C(=O)OC(C)(C)C)CC4)[C@H]3C)nc(C(F)F)n1)CC2. The molecule has 5 rings (SSSR count). The van der Waals surface area contributed by atoms with Crippen LogP contribution in [0.3, 0.4) is 0 Å². The van der Waals surface area contributed by atoms with Gasteiger partial charge in [0.1, 0.15) is 17.2 Å². The number of aromatic nitrogens is 2. The van der Waals surface area contributed by atoms with Gasteiger partial charge in [-0.2, -0.15) is 0 Å². The molecular formula is C27H40F2N6O3. The first-order valence-corrected chi connectivity index (χ1v) is 13.7. The van der Waals surface area contributed by atoms with E-state index < -0.39 is 17.9 Å². The monoisotopic (exact) mass is 534 g/mol. The zero-order valence-electron chi connectivity index (χ0n) is 23.1. The minimum atomic E-state index is -2.73. The number of piperazine rings is 1. The molecule has 9 nitrogen and oxygen atoms in total. The summed E-state index contributed by atoms with van der Waals surface area (Å²) in [5, 5.41) is 0. The fourth-order valence-corrected chi connectivity index (χ4v) is 5.98. The Labute approximate surface area is 223 Å². The molecule has 38 heavy (non-hydrogen) atoms. The third kappa shape index (κ3) is 5.32. The normalized spacial score (nSPS) is 26.1. The molecule has 2 atom stereocenters. The van der Waals surface area contributed by atoms with Gasteiger partial charge in [0, 0.05) is 64.0 Å². The van der Waals surface area contributed by atoms with Gasteiger partial charge in [-0.25, -0.2) is 23.5 Å². The molecule has 1 amide bonds. The maximum Gasteiger partial charge on any atom is 0.410 e. The first-order chi connectivity index (χ1) is 18.0. The average Bonchev–Trinajstić information content (AvgIpc) is 3.21. The van der Waals surface area contributed by atoms with Gasteiger partial charge in [-0.1, -0.05) is 6.08 Å². The van der Waals surface area contributed by atoms with E-state index in [1.807, 2.05) is 26.8 Å². The van der Waals surface area contributed by atoms with Crippen LogP contribution in [-0.2, 0) is 9.47 Å². The molecule has 11 heteroatoms. The van der Waals surface area contributed by atoms with Crippen molar-refractivity contribution in [2.45, 2.75) is 77.2 Å². The molecular weight excluding hydrogens is 494 g/mol. The van der Waals surface area contributed by atoms with Gasteiger partial charge < -0.3 is 24.2 Å². The zero-order valence-corrected chi connectivity index (χ0v) is 23.1. The van der Waals surface area contributed by atoms with E-state index in [1.54, 1.807) is 4.90 Å². The Morgan fingerprint density at radius 1 is 1.11 bits per heavy atom. The molecule has 0 N–H and O–H groups in total. The topological polar surface area (TPSA) is 74.3 Å². The molecule has 0 bridgehead atoms. The number of piperidine rings is 1. The van der Waals surface area contributed by atoms with Crippen LogP contribution in [0, 0.1) is 0 Å². The maximum absolute atomic E-state index is 13.8. The number of hydrogen-bond acceptors (Lipinski definition) is 8. The van der Waals surface area contributed by atoms with Crippen molar-refractivity contribution in [2.75, 3.05) is 62.2 Å². The largest absolute Gasteiger partial charge is 0.444 e. The van der Waals surface area contributed by atoms with Crippen molar-refractivity contribution < 1.29 is 23.0 Å². The van der Waals surface area contributed by atoms with Crippen LogP contribution >= 0.6 is 0 Å². The predicted molar refractivity (Wildman–Crippen MR) is 141 cm³/mol. The molecule has 0 aliphatic carbocycles. The van der Waals surface area contributed by atoms with Crippen LogP contribution in [0.1, 0.15) is 59.7 Å². The van der Waals surface area contributed by atoms with E-state index in [-0.39, 0.29) is 23.8 Å². The van der Waals surface area contributed by atoms with Gasteiger partial charge in [-0.05, 0) is 53.0 Å². The Bertz CT molecular complexity index is 1060. The molecule has 5 heterocycles. The molecule has 0 radical (unpaired) electrons. The number of hydrogen-bond donors (Lipinski definition) is 0. The highest BCUT2D eigenvalue weighted by Crippen LogP contribution is 2.39. The van der Waals surface area contributed by atoms with Crippen LogP contribution in [0.5, 0.6) is 0 Å². The number of amides is 1. The fourth-order valence-electron chi connectivity index (χ4n) is 5.98. The number of rotatable bonds is 4. The lowest BCUT2D eigenvalue weighted by atomic mass is 9.85. The van der Waals surface area contributed by atoms with Crippen LogP contribution in [-0.4, -0.2) is 102 Å². The molecule has 0 unspecified atom stereocenters. The van der Waals surface area contributed by atoms with Crippen molar-refractivity contribution in [3.8, 4) is 0 Å². The third-order valence-corrected chi connectivity index (χ3v) is 8.44. The van der Waals surface area contributed by atoms with Crippen molar-refractivity contribution >= 4 is 17.7 Å². The number of nitrogens with zero attached hydrogens (tertiary/aromatic N) is 6. The molecule has 0 aromatic carbocycles. The second-order valence-corrected chi connectivity index (χ2v) is 11.9. The second kappa shape index (κ2) is 10.2. The first kappa shape index (κ1) is 27.1. The second-order valence-electron chi connectivity index (χ2n) is 11.9. The minimum Gasteiger partial charge on any atom is -0.444 e. The summed E-state index contributed by atoms with van der Waals surface area (Å²) in [6.07, 6.45) is 0.753. The summed E-state index contributed by atoms with van der Waals surface area (Å²) in [5.74, 6) is 0.684. The number of carbonyl (C=O) groups is 1. The number of alkyl halides is 2. The summed E-state index contributed by atoms with van der Waals surface area (Å²) < 4.78 is 39.1. The van der Waals surface area contributed by atoms with Crippen molar-refractivity contribution in [3.63, 3.8) is 0 Å². The molecule has 0 saturated carbocycles. The third-order valence-electron chi connectivity index (χ3n) is 8.44. The summed E-state index contributed by atoms with van der Waals surface area (Å²) in [4.78, 5) is 29.2. The van der Waals surface area contributed by atoms with Gasteiger partial charge in [0.25, 0.3) is 6.43 Å². The number of carbonyl (C=O) groups excluding carboxylic acids is 1. The van der Waals surface area contributed by atoms with Crippen LogP contribution in [0.4, 0.5) is 25.2 Å².